The van der Waals surface area contributed by atoms with Gasteiger partial charge in [0.1, 0.15) is 17.6 Å². The summed E-state index contributed by atoms with van der Waals surface area (Å²) in [6, 6.07) is 4.35. The van der Waals surface area contributed by atoms with Gasteiger partial charge in [-0.3, -0.25) is 4.90 Å². The van der Waals surface area contributed by atoms with Crippen LogP contribution in [0, 0.1) is 0 Å². The van der Waals surface area contributed by atoms with Crippen molar-refractivity contribution in [3.63, 3.8) is 0 Å². The average Bonchev–Trinajstić information content (AvgIpc) is 3.27. The highest BCUT2D eigenvalue weighted by atomic mass is 16.5. The van der Waals surface area contributed by atoms with Crippen molar-refractivity contribution < 1.29 is 13.9 Å². The van der Waals surface area contributed by atoms with Gasteiger partial charge in [-0.2, -0.15) is 0 Å². The molecule has 0 spiro atoms. The molecule has 2 unspecified atom stereocenters. The minimum atomic E-state index is 0.151. The standard InChI is InChI=1S/C21H30N4O3/c1-14-9-15-10-17(26-4)11-16(20(15)27-14)12-25-8-6-5-7-18(25)21-23-22-19(28-21)13-24(2)3/h10-11,14,18H,5-9,12-13H2,1-4H3. The smallest absolute Gasteiger partial charge is 0.233 e. The van der Waals surface area contributed by atoms with Gasteiger partial charge < -0.3 is 18.8 Å². The van der Waals surface area contributed by atoms with E-state index in [-0.39, 0.29) is 12.1 Å². The number of nitrogens with zero attached hydrogens (tertiary/aromatic N) is 4. The first kappa shape index (κ1) is 19.2. The maximum atomic E-state index is 6.13. The van der Waals surface area contributed by atoms with Crippen molar-refractivity contribution in [2.24, 2.45) is 0 Å². The molecule has 1 aromatic carbocycles. The van der Waals surface area contributed by atoms with Gasteiger partial charge in [-0.1, -0.05) is 6.42 Å². The largest absolute Gasteiger partial charge is 0.497 e. The molecule has 1 aromatic heterocycles. The Morgan fingerprint density at radius 2 is 2.11 bits per heavy atom. The first-order valence-corrected chi connectivity index (χ1v) is 10.1. The first-order chi connectivity index (χ1) is 13.5. The minimum Gasteiger partial charge on any atom is -0.497 e. The summed E-state index contributed by atoms with van der Waals surface area (Å²) in [4.78, 5) is 4.48. The summed E-state index contributed by atoms with van der Waals surface area (Å²) in [5.74, 6) is 3.32. The van der Waals surface area contributed by atoms with Crippen LogP contribution >= 0.6 is 0 Å². The molecule has 0 saturated carbocycles. The first-order valence-electron chi connectivity index (χ1n) is 10.1. The van der Waals surface area contributed by atoms with Gasteiger partial charge >= 0.3 is 0 Å². The highest BCUT2D eigenvalue weighted by molar-refractivity contribution is 5.49. The normalized spacial score (nSPS) is 22.3. The Bertz CT molecular complexity index is 820. The second-order valence-corrected chi connectivity index (χ2v) is 8.16. The zero-order chi connectivity index (χ0) is 19.7. The second kappa shape index (κ2) is 8.09. The van der Waals surface area contributed by atoms with E-state index in [0.29, 0.717) is 12.4 Å². The van der Waals surface area contributed by atoms with Crippen molar-refractivity contribution >= 4 is 0 Å². The molecular weight excluding hydrogens is 356 g/mol. The molecule has 152 valence electrons. The van der Waals surface area contributed by atoms with Gasteiger partial charge in [0.15, 0.2) is 0 Å². The molecule has 7 nitrogen and oxygen atoms in total. The van der Waals surface area contributed by atoms with E-state index in [1.165, 1.54) is 24.0 Å². The van der Waals surface area contributed by atoms with Crippen LogP contribution in [-0.4, -0.2) is 53.9 Å². The molecule has 4 rings (SSSR count). The molecule has 28 heavy (non-hydrogen) atoms. The van der Waals surface area contributed by atoms with Crippen LogP contribution < -0.4 is 9.47 Å². The van der Waals surface area contributed by atoms with Crippen molar-refractivity contribution in [2.45, 2.75) is 57.8 Å². The Labute approximate surface area is 166 Å². The Hall–Kier alpha value is -2.12. The van der Waals surface area contributed by atoms with E-state index in [0.717, 1.165) is 43.3 Å². The molecule has 2 aliphatic heterocycles. The van der Waals surface area contributed by atoms with E-state index in [1.807, 2.05) is 19.0 Å². The van der Waals surface area contributed by atoms with E-state index in [9.17, 15) is 0 Å². The summed E-state index contributed by atoms with van der Waals surface area (Å²) < 4.78 is 17.7. The number of ether oxygens (including phenoxy) is 2. The van der Waals surface area contributed by atoms with Crippen LogP contribution in [0.3, 0.4) is 0 Å². The van der Waals surface area contributed by atoms with Crippen LogP contribution in [0.2, 0.25) is 0 Å². The summed E-state index contributed by atoms with van der Waals surface area (Å²) in [6.07, 6.45) is 4.53. The molecule has 0 radical (unpaired) electrons. The molecule has 3 heterocycles. The van der Waals surface area contributed by atoms with Gasteiger partial charge in [0.2, 0.25) is 11.8 Å². The number of methoxy groups -OCH3 is 1. The van der Waals surface area contributed by atoms with Gasteiger partial charge in [0, 0.05) is 24.1 Å². The predicted molar refractivity (Wildman–Crippen MR) is 105 cm³/mol. The fraction of sp³-hybridized carbons (Fsp3) is 0.619. The maximum absolute atomic E-state index is 6.13. The van der Waals surface area contributed by atoms with E-state index in [4.69, 9.17) is 13.9 Å². The lowest BCUT2D eigenvalue weighted by atomic mass is 9.99. The summed E-state index contributed by atoms with van der Waals surface area (Å²) in [5.41, 5.74) is 2.42. The van der Waals surface area contributed by atoms with Gasteiger partial charge in [-0.05, 0) is 52.5 Å². The molecule has 0 N–H and O–H groups in total. The molecule has 0 aliphatic carbocycles. The van der Waals surface area contributed by atoms with Crippen molar-refractivity contribution in [1.82, 2.24) is 20.0 Å². The number of likely N-dealkylation sites (tertiary alicyclic amines) is 1. The maximum Gasteiger partial charge on any atom is 0.233 e. The van der Waals surface area contributed by atoms with Crippen molar-refractivity contribution in [1.29, 1.82) is 0 Å². The fourth-order valence-electron chi connectivity index (χ4n) is 4.23. The third-order valence-electron chi connectivity index (χ3n) is 5.48. The SMILES string of the molecule is COc1cc2c(c(CN3CCCCC3c3nnc(CN(C)C)o3)c1)OC(C)C2. The van der Waals surface area contributed by atoms with Crippen LogP contribution in [0.15, 0.2) is 16.5 Å². The van der Waals surface area contributed by atoms with Gasteiger partial charge in [0.05, 0.1) is 19.7 Å². The number of hydrogen-bond donors (Lipinski definition) is 0. The predicted octanol–water partition coefficient (Wildman–Crippen LogP) is 3.19. The quantitative estimate of drug-likeness (QED) is 0.755. The Morgan fingerprint density at radius 1 is 1.25 bits per heavy atom. The second-order valence-electron chi connectivity index (χ2n) is 8.16. The summed E-state index contributed by atoms with van der Waals surface area (Å²) in [6.45, 7) is 4.58. The highest BCUT2D eigenvalue weighted by Gasteiger charge is 2.31. The minimum absolute atomic E-state index is 0.151. The lowest BCUT2D eigenvalue weighted by molar-refractivity contribution is 0.114. The number of fused-ring (bicyclic) bond motifs is 1. The van der Waals surface area contributed by atoms with E-state index in [1.54, 1.807) is 7.11 Å². The van der Waals surface area contributed by atoms with Gasteiger partial charge in [-0.25, -0.2) is 0 Å². The van der Waals surface area contributed by atoms with Gasteiger partial charge in [-0.15, -0.1) is 10.2 Å². The number of hydrogen-bond acceptors (Lipinski definition) is 7. The van der Waals surface area contributed by atoms with Crippen LogP contribution in [-0.2, 0) is 19.5 Å². The van der Waals surface area contributed by atoms with Crippen LogP contribution in [0.5, 0.6) is 11.5 Å². The van der Waals surface area contributed by atoms with Gasteiger partial charge in [0.25, 0.3) is 0 Å². The van der Waals surface area contributed by atoms with Crippen LogP contribution in [0.25, 0.3) is 0 Å². The molecular formula is C21H30N4O3. The van der Waals surface area contributed by atoms with Crippen LogP contribution in [0.1, 0.15) is 55.1 Å². The summed E-state index contributed by atoms with van der Waals surface area (Å²) >= 11 is 0. The molecule has 2 aliphatic rings. The molecule has 2 aromatic rings. The lowest BCUT2D eigenvalue weighted by Crippen LogP contribution is -2.33. The summed E-state index contributed by atoms with van der Waals surface area (Å²) in [5, 5.41) is 8.60. The van der Waals surface area contributed by atoms with Crippen molar-refractivity contribution in [3.05, 3.63) is 35.0 Å². The Balaban J connectivity index is 1.58. The molecule has 1 fully saturated rings. The van der Waals surface area contributed by atoms with E-state index < -0.39 is 0 Å². The van der Waals surface area contributed by atoms with Crippen LogP contribution in [0.4, 0.5) is 0 Å². The Kier molecular flexibility index (Phi) is 5.55. The van der Waals surface area contributed by atoms with E-state index in [2.05, 4.69) is 34.2 Å². The number of benzene rings is 1. The third-order valence-corrected chi connectivity index (χ3v) is 5.48. The Morgan fingerprint density at radius 3 is 2.89 bits per heavy atom. The number of aromatic nitrogens is 2. The fourth-order valence-corrected chi connectivity index (χ4v) is 4.23. The topological polar surface area (TPSA) is 63.9 Å². The molecule has 2 atom stereocenters. The van der Waals surface area contributed by atoms with E-state index >= 15 is 0 Å². The molecule has 0 amide bonds. The molecule has 0 bridgehead atoms. The lowest BCUT2D eigenvalue weighted by Gasteiger charge is -2.33. The zero-order valence-electron chi connectivity index (χ0n) is 17.3. The average molecular weight is 386 g/mol. The van der Waals surface area contributed by atoms with Crippen molar-refractivity contribution in [2.75, 3.05) is 27.7 Å². The molecule has 7 heteroatoms. The summed E-state index contributed by atoms with van der Waals surface area (Å²) in [7, 11) is 5.72. The number of rotatable bonds is 6. The highest BCUT2D eigenvalue weighted by Crippen LogP contribution is 2.39. The third kappa shape index (κ3) is 4.00. The number of piperidine rings is 1. The molecule has 1 saturated heterocycles. The van der Waals surface area contributed by atoms with Crippen molar-refractivity contribution in [3.8, 4) is 11.5 Å². The monoisotopic (exact) mass is 386 g/mol. The zero-order valence-corrected chi connectivity index (χ0v) is 17.3.